The van der Waals surface area contributed by atoms with Crippen LogP contribution in [0.25, 0.3) is 0 Å². The van der Waals surface area contributed by atoms with Crippen LogP contribution in [0.15, 0.2) is 108 Å². The molecule has 4 aromatic carbocycles. The first-order valence-corrected chi connectivity index (χ1v) is 16.8. The van der Waals surface area contributed by atoms with E-state index in [1.165, 1.54) is 17.0 Å². The minimum absolute atomic E-state index is 0.0654. The van der Waals surface area contributed by atoms with E-state index in [0.29, 0.717) is 17.1 Å². The Morgan fingerprint density at radius 2 is 1.44 bits per heavy atom. The second kappa shape index (κ2) is 15.2. The van der Waals surface area contributed by atoms with Crippen LogP contribution >= 0.6 is 11.6 Å². The second-order valence-electron chi connectivity index (χ2n) is 11.3. The smallest absolute Gasteiger partial charge is 0.264 e. The molecule has 0 aromatic heterocycles. The summed E-state index contributed by atoms with van der Waals surface area (Å²) in [6.45, 7) is 7.30. The second-order valence-corrected chi connectivity index (χ2v) is 13.6. The molecule has 4 aromatic rings. The molecule has 0 aliphatic rings. The molecule has 2 unspecified atom stereocenters. The Labute approximate surface area is 271 Å². The normalized spacial score (nSPS) is 12.6. The van der Waals surface area contributed by atoms with Crippen LogP contribution in [0.4, 0.5) is 5.69 Å². The summed E-state index contributed by atoms with van der Waals surface area (Å²) in [5.74, 6) is -0.818. The summed E-state index contributed by atoms with van der Waals surface area (Å²) in [5, 5.41) is 3.59. The van der Waals surface area contributed by atoms with Crippen molar-refractivity contribution >= 4 is 39.1 Å². The first kappa shape index (κ1) is 33.7. The molecule has 0 saturated carbocycles. The summed E-state index contributed by atoms with van der Waals surface area (Å²) in [7, 11) is -4.15. The Hall–Kier alpha value is -4.14. The average molecular weight is 646 g/mol. The molecule has 45 heavy (non-hydrogen) atoms. The van der Waals surface area contributed by atoms with Crippen molar-refractivity contribution < 1.29 is 18.0 Å². The van der Waals surface area contributed by atoms with Crippen molar-refractivity contribution in [2.45, 2.75) is 64.1 Å². The first-order chi connectivity index (χ1) is 21.5. The molecule has 2 amide bonds. The highest BCUT2D eigenvalue weighted by Crippen LogP contribution is 2.27. The lowest BCUT2D eigenvalue weighted by molar-refractivity contribution is -0.140. The summed E-state index contributed by atoms with van der Waals surface area (Å²) in [6.07, 6.45) is 0.961. The Bertz CT molecular complexity index is 1700. The molecule has 1 N–H and O–H groups in total. The van der Waals surface area contributed by atoms with Crippen molar-refractivity contribution in [3.63, 3.8) is 0 Å². The van der Waals surface area contributed by atoms with Crippen molar-refractivity contribution in [3.8, 4) is 0 Å². The van der Waals surface area contributed by atoms with E-state index in [9.17, 15) is 18.0 Å². The van der Waals surface area contributed by atoms with Crippen LogP contribution in [0.1, 0.15) is 42.5 Å². The molecule has 0 aliphatic carbocycles. The quantitative estimate of drug-likeness (QED) is 0.175. The molecule has 2 atom stereocenters. The van der Waals surface area contributed by atoms with E-state index in [2.05, 4.69) is 5.32 Å². The van der Waals surface area contributed by atoms with Crippen LogP contribution in [0.2, 0.25) is 5.02 Å². The van der Waals surface area contributed by atoms with Crippen LogP contribution in [0.3, 0.4) is 0 Å². The Morgan fingerprint density at radius 1 is 0.822 bits per heavy atom. The Kier molecular flexibility index (Phi) is 11.4. The molecule has 0 saturated heterocycles. The maximum atomic E-state index is 14.5. The highest BCUT2D eigenvalue weighted by Gasteiger charge is 2.35. The molecule has 9 heteroatoms. The molecule has 4 rings (SSSR count). The number of aryl methyl sites for hydroxylation is 2. The average Bonchev–Trinajstić information content (AvgIpc) is 3.04. The fraction of sp³-hybridized carbons (Fsp3) is 0.278. The van der Waals surface area contributed by atoms with E-state index in [4.69, 9.17) is 11.6 Å². The minimum Gasteiger partial charge on any atom is -0.352 e. The van der Waals surface area contributed by atoms with Gasteiger partial charge in [0.25, 0.3) is 10.0 Å². The number of halogens is 1. The zero-order valence-corrected chi connectivity index (χ0v) is 27.7. The molecule has 0 fully saturated rings. The van der Waals surface area contributed by atoms with Gasteiger partial charge in [0.15, 0.2) is 0 Å². The molecule has 0 heterocycles. The molecule has 0 spiro atoms. The number of amides is 2. The van der Waals surface area contributed by atoms with Gasteiger partial charge in [0.2, 0.25) is 11.8 Å². The van der Waals surface area contributed by atoms with Crippen molar-refractivity contribution in [2.24, 2.45) is 0 Å². The van der Waals surface area contributed by atoms with Crippen LogP contribution in [0, 0.1) is 13.8 Å². The van der Waals surface area contributed by atoms with Gasteiger partial charge in [-0.05, 0) is 85.8 Å². The molecule has 0 aliphatic heterocycles. The highest BCUT2D eigenvalue weighted by atomic mass is 35.5. The van der Waals surface area contributed by atoms with Crippen molar-refractivity contribution in [1.29, 1.82) is 0 Å². The fourth-order valence-corrected chi connectivity index (χ4v) is 6.46. The summed E-state index contributed by atoms with van der Waals surface area (Å²) in [5.41, 5.74) is 3.88. The predicted molar refractivity (Wildman–Crippen MR) is 181 cm³/mol. The van der Waals surface area contributed by atoms with Crippen molar-refractivity contribution in [3.05, 3.63) is 130 Å². The molecule has 0 bridgehead atoms. The SMILES string of the molecule is CCC(C)NC(=O)C(Cc1ccccc1)N(Cc1ccc(Cl)cc1)C(=O)CN(c1ccc(C)c(C)c1)S(=O)(=O)c1ccccc1. The third-order valence-corrected chi connectivity index (χ3v) is 9.97. The van der Waals surface area contributed by atoms with Crippen LogP contribution in [-0.4, -0.2) is 43.8 Å². The number of rotatable bonds is 13. The molecular formula is C36H40ClN3O4S. The number of benzene rings is 4. The number of nitrogens with one attached hydrogen (secondary N) is 1. The van der Waals surface area contributed by atoms with Gasteiger partial charge in [-0.3, -0.25) is 13.9 Å². The van der Waals surface area contributed by atoms with Gasteiger partial charge in [-0.15, -0.1) is 0 Å². The van der Waals surface area contributed by atoms with Crippen molar-refractivity contribution in [1.82, 2.24) is 10.2 Å². The van der Waals surface area contributed by atoms with E-state index >= 15 is 0 Å². The zero-order valence-electron chi connectivity index (χ0n) is 26.1. The van der Waals surface area contributed by atoms with Gasteiger partial charge in [0, 0.05) is 24.0 Å². The number of hydrogen-bond acceptors (Lipinski definition) is 4. The number of nitrogens with zero attached hydrogens (tertiary/aromatic N) is 2. The molecular weight excluding hydrogens is 606 g/mol. The number of anilines is 1. The Morgan fingerprint density at radius 3 is 2.04 bits per heavy atom. The number of carbonyl (C=O) groups excluding carboxylic acids is 2. The standard InChI is InChI=1S/C36H40ClN3O4S/c1-5-28(4)38-36(42)34(23-29-12-8-6-9-13-29)39(24-30-17-19-31(37)20-18-30)35(41)25-40(32-21-16-26(2)27(3)22-32)45(43,44)33-14-10-7-11-15-33/h6-22,28,34H,5,23-25H2,1-4H3,(H,38,42). The predicted octanol–water partition coefficient (Wildman–Crippen LogP) is 6.71. The van der Waals surface area contributed by atoms with Crippen molar-refractivity contribution in [2.75, 3.05) is 10.8 Å². The van der Waals surface area contributed by atoms with Crippen LogP contribution < -0.4 is 9.62 Å². The van der Waals surface area contributed by atoms with Crippen LogP contribution in [-0.2, 0) is 32.6 Å². The number of hydrogen-bond donors (Lipinski definition) is 1. The van der Waals surface area contributed by atoms with Crippen LogP contribution in [0.5, 0.6) is 0 Å². The largest absolute Gasteiger partial charge is 0.352 e. The zero-order chi connectivity index (χ0) is 32.6. The molecule has 7 nitrogen and oxygen atoms in total. The van der Waals surface area contributed by atoms with E-state index in [1.54, 1.807) is 54.6 Å². The molecule has 0 radical (unpaired) electrons. The summed E-state index contributed by atoms with van der Waals surface area (Å²) in [4.78, 5) is 30.0. The number of sulfonamides is 1. The van der Waals surface area contributed by atoms with Gasteiger partial charge >= 0.3 is 0 Å². The van der Waals surface area contributed by atoms with Gasteiger partial charge in [-0.1, -0.05) is 85.3 Å². The van der Waals surface area contributed by atoms with Gasteiger partial charge in [-0.2, -0.15) is 0 Å². The van der Waals surface area contributed by atoms with Gasteiger partial charge in [0.1, 0.15) is 12.6 Å². The lowest BCUT2D eigenvalue weighted by Gasteiger charge is -2.34. The fourth-order valence-electron chi connectivity index (χ4n) is 4.91. The summed E-state index contributed by atoms with van der Waals surface area (Å²) >= 11 is 6.16. The third kappa shape index (κ3) is 8.74. The maximum Gasteiger partial charge on any atom is 0.264 e. The van der Waals surface area contributed by atoms with Gasteiger partial charge < -0.3 is 10.2 Å². The van der Waals surface area contributed by atoms with E-state index in [1.807, 2.05) is 64.1 Å². The Balaban J connectivity index is 1.81. The molecule has 236 valence electrons. The van der Waals surface area contributed by atoms with E-state index < -0.39 is 28.5 Å². The lowest BCUT2D eigenvalue weighted by atomic mass is 10.0. The monoisotopic (exact) mass is 645 g/mol. The lowest BCUT2D eigenvalue weighted by Crippen LogP contribution is -2.54. The van der Waals surface area contributed by atoms with Gasteiger partial charge in [-0.25, -0.2) is 8.42 Å². The summed E-state index contributed by atoms with van der Waals surface area (Å²) < 4.78 is 29.4. The topological polar surface area (TPSA) is 86.8 Å². The highest BCUT2D eigenvalue weighted by molar-refractivity contribution is 7.92. The maximum absolute atomic E-state index is 14.5. The summed E-state index contributed by atoms with van der Waals surface area (Å²) in [6, 6.07) is 28.9. The third-order valence-electron chi connectivity index (χ3n) is 7.93. The van der Waals surface area contributed by atoms with E-state index in [0.717, 1.165) is 26.6 Å². The number of carbonyl (C=O) groups is 2. The van der Waals surface area contributed by atoms with Gasteiger partial charge in [0.05, 0.1) is 10.6 Å². The van der Waals surface area contributed by atoms with E-state index in [-0.39, 0.29) is 29.8 Å². The minimum atomic E-state index is -4.15. The first-order valence-electron chi connectivity index (χ1n) is 15.0.